The monoisotopic (exact) mass is 301 g/mol. The predicted octanol–water partition coefficient (Wildman–Crippen LogP) is 3.75. The Morgan fingerprint density at radius 1 is 1.29 bits per heavy atom. The summed E-state index contributed by atoms with van der Waals surface area (Å²) in [5.74, 6) is 0.574. The Bertz CT molecular complexity index is 746. The fraction of sp³-hybridized carbons (Fsp3) is 0.333. The van der Waals surface area contributed by atoms with Crippen molar-refractivity contribution in [2.45, 2.75) is 25.5 Å². The maximum absolute atomic E-state index is 5.62. The third-order valence-electron chi connectivity index (χ3n) is 3.64. The van der Waals surface area contributed by atoms with Crippen LogP contribution in [0.2, 0.25) is 0 Å². The standard InChI is InChI=1S/C15H15N3O2S/c1-2-6-13-11(4-1)10(9-21-13)8-16-15-18-17-14(20-15)12-5-3-7-19-12/h1-2,4,6,9,12H,3,5,7-8H2,(H,16,18)/t12-/m1/s1. The van der Waals surface area contributed by atoms with Gasteiger partial charge in [-0.1, -0.05) is 23.3 Å². The predicted molar refractivity (Wildman–Crippen MR) is 81.4 cm³/mol. The molecule has 0 radical (unpaired) electrons. The van der Waals surface area contributed by atoms with Crippen molar-refractivity contribution in [1.82, 2.24) is 10.2 Å². The highest BCUT2D eigenvalue weighted by Gasteiger charge is 2.23. The normalized spacial score (nSPS) is 18.4. The third-order valence-corrected chi connectivity index (χ3v) is 4.65. The number of rotatable bonds is 4. The van der Waals surface area contributed by atoms with E-state index in [0.29, 0.717) is 18.5 Å². The number of hydrogen-bond acceptors (Lipinski definition) is 6. The van der Waals surface area contributed by atoms with E-state index >= 15 is 0 Å². The summed E-state index contributed by atoms with van der Waals surface area (Å²) >= 11 is 1.75. The van der Waals surface area contributed by atoms with E-state index in [9.17, 15) is 0 Å². The molecule has 1 atom stereocenters. The molecule has 0 bridgehead atoms. The zero-order valence-corrected chi connectivity index (χ0v) is 12.2. The fourth-order valence-electron chi connectivity index (χ4n) is 2.55. The van der Waals surface area contributed by atoms with Crippen molar-refractivity contribution in [3.05, 3.63) is 41.1 Å². The summed E-state index contributed by atoms with van der Waals surface area (Å²) in [7, 11) is 0. The molecule has 1 aliphatic heterocycles. The van der Waals surface area contributed by atoms with Crippen molar-refractivity contribution in [2.75, 3.05) is 11.9 Å². The highest BCUT2D eigenvalue weighted by molar-refractivity contribution is 7.17. The summed E-state index contributed by atoms with van der Waals surface area (Å²) in [5.41, 5.74) is 1.24. The summed E-state index contributed by atoms with van der Waals surface area (Å²) in [6.45, 7) is 1.45. The van der Waals surface area contributed by atoms with Crippen molar-refractivity contribution in [1.29, 1.82) is 0 Å². The Hall–Kier alpha value is -1.92. The van der Waals surface area contributed by atoms with E-state index in [0.717, 1.165) is 19.4 Å². The minimum atomic E-state index is -0.0324. The maximum atomic E-state index is 5.62. The van der Waals surface area contributed by atoms with Crippen molar-refractivity contribution >= 4 is 27.4 Å². The quantitative estimate of drug-likeness (QED) is 0.795. The van der Waals surface area contributed by atoms with Crippen LogP contribution in [0.3, 0.4) is 0 Å². The van der Waals surface area contributed by atoms with Gasteiger partial charge in [-0.05, 0) is 35.2 Å². The van der Waals surface area contributed by atoms with Crippen LogP contribution in [0.5, 0.6) is 0 Å². The largest absolute Gasteiger partial charge is 0.405 e. The third kappa shape index (κ3) is 2.52. The Labute approximate surface area is 125 Å². The Morgan fingerprint density at radius 2 is 2.24 bits per heavy atom. The van der Waals surface area contributed by atoms with Crippen LogP contribution < -0.4 is 5.32 Å². The number of benzene rings is 1. The number of fused-ring (bicyclic) bond motifs is 1. The van der Waals surface area contributed by atoms with Gasteiger partial charge in [0.05, 0.1) is 0 Å². The number of nitrogens with zero attached hydrogens (tertiary/aromatic N) is 2. The van der Waals surface area contributed by atoms with Crippen LogP contribution in [0, 0.1) is 0 Å². The highest BCUT2D eigenvalue weighted by Crippen LogP contribution is 2.29. The van der Waals surface area contributed by atoms with Gasteiger partial charge < -0.3 is 14.5 Å². The summed E-state index contributed by atoms with van der Waals surface area (Å²) in [4.78, 5) is 0. The molecule has 1 aromatic carbocycles. The van der Waals surface area contributed by atoms with Gasteiger partial charge in [-0.3, -0.25) is 0 Å². The van der Waals surface area contributed by atoms with Gasteiger partial charge >= 0.3 is 6.01 Å². The molecule has 1 fully saturated rings. The maximum Gasteiger partial charge on any atom is 0.315 e. The number of anilines is 1. The second-order valence-electron chi connectivity index (χ2n) is 5.06. The van der Waals surface area contributed by atoms with Gasteiger partial charge in [0, 0.05) is 17.9 Å². The number of hydrogen-bond donors (Lipinski definition) is 1. The first kappa shape index (κ1) is 12.8. The van der Waals surface area contributed by atoms with Gasteiger partial charge in [0.2, 0.25) is 5.89 Å². The van der Waals surface area contributed by atoms with Gasteiger partial charge in [0.1, 0.15) is 6.10 Å². The molecule has 0 amide bonds. The first-order chi connectivity index (χ1) is 10.4. The van der Waals surface area contributed by atoms with Gasteiger partial charge in [-0.2, -0.15) is 0 Å². The Morgan fingerprint density at radius 3 is 3.14 bits per heavy atom. The molecule has 0 saturated carbocycles. The minimum Gasteiger partial charge on any atom is -0.405 e. The molecule has 0 aliphatic carbocycles. The second kappa shape index (κ2) is 5.46. The average Bonchev–Trinajstić information content (AvgIpc) is 3.25. The zero-order chi connectivity index (χ0) is 14.1. The van der Waals surface area contributed by atoms with Gasteiger partial charge in [-0.15, -0.1) is 16.4 Å². The van der Waals surface area contributed by atoms with Crippen molar-refractivity contribution in [3.8, 4) is 0 Å². The van der Waals surface area contributed by atoms with E-state index in [-0.39, 0.29) is 6.10 Å². The SMILES string of the molecule is c1ccc2c(CNc3nnc([C@H]4CCCO4)o3)csc2c1. The molecular formula is C15H15N3O2S. The first-order valence-electron chi connectivity index (χ1n) is 7.04. The summed E-state index contributed by atoms with van der Waals surface area (Å²) in [5, 5.41) is 14.7. The van der Waals surface area contributed by atoms with Gasteiger partial charge in [0.25, 0.3) is 0 Å². The molecule has 1 saturated heterocycles. The van der Waals surface area contributed by atoms with E-state index in [1.54, 1.807) is 11.3 Å². The summed E-state index contributed by atoms with van der Waals surface area (Å²) in [6.07, 6.45) is 1.98. The smallest absolute Gasteiger partial charge is 0.315 e. The molecule has 6 heteroatoms. The molecule has 1 N–H and O–H groups in total. The molecule has 3 heterocycles. The summed E-state index contributed by atoms with van der Waals surface area (Å²) in [6, 6.07) is 8.83. The summed E-state index contributed by atoms with van der Waals surface area (Å²) < 4.78 is 12.5. The van der Waals surface area contributed by atoms with Gasteiger partial charge in [-0.25, -0.2) is 0 Å². The number of aromatic nitrogens is 2. The topological polar surface area (TPSA) is 60.2 Å². The average molecular weight is 301 g/mol. The lowest BCUT2D eigenvalue weighted by Crippen LogP contribution is -1.98. The number of thiophene rings is 1. The first-order valence-corrected chi connectivity index (χ1v) is 7.92. The van der Waals surface area contributed by atoms with Crippen LogP contribution in [0.15, 0.2) is 34.1 Å². The van der Waals surface area contributed by atoms with Crippen LogP contribution >= 0.6 is 11.3 Å². The molecule has 0 spiro atoms. The van der Waals surface area contributed by atoms with E-state index < -0.39 is 0 Å². The Kier molecular flexibility index (Phi) is 3.33. The van der Waals surface area contributed by atoms with E-state index in [1.165, 1.54) is 15.6 Å². The van der Waals surface area contributed by atoms with E-state index in [4.69, 9.17) is 9.15 Å². The van der Waals surface area contributed by atoms with E-state index in [2.05, 4.69) is 45.2 Å². The molecule has 108 valence electrons. The van der Waals surface area contributed by atoms with E-state index in [1.807, 2.05) is 0 Å². The number of nitrogens with one attached hydrogen (secondary N) is 1. The van der Waals surface area contributed by atoms with Crippen LogP contribution in [0.25, 0.3) is 10.1 Å². The van der Waals surface area contributed by atoms with Crippen LogP contribution in [0.4, 0.5) is 6.01 Å². The molecule has 4 rings (SSSR count). The highest BCUT2D eigenvalue weighted by atomic mass is 32.1. The second-order valence-corrected chi connectivity index (χ2v) is 5.97. The van der Waals surface area contributed by atoms with Crippen LogP contribution in [0.1, 0.15) is 30.4 Å². The van der Waals surface area contributed by atoms with Crippen LogP contribution in [-0.2, 0) is 11.3 Å². The van der Waals surface area contributed by atoms with Crippen LogP contribution in [-0.4, -0.2) is 16.8 Å². The minimum absolute atomic E-state index is 0.0324. The molecular weight excluding hydrogens is 286 g/mol. The molecule has 1 aliphatic rings. The Balaban J connectivity index is 1.47. The molecule has 2 aromatic heterocycles. The molecule has 3 aromatic rings. The fourth-order valence-corrected chi connectivity index (χ4v) is 3.51. The zero-order valence-electron chi connectivity index (χ0n) is 11.4. The van der Waals surface area contributed by atoms with Gasteiger partial charge in [0.15, 0.2) is 0 Å². The van der Waals surface area contributed by atoms with Crippen molar-refractivity contribution in [3.63, 3.8) is 0 Å². The molecule has 0 unspecified atom stereocenters. The lowest BCUT2D eigenvalue weighted by molar-refractivity contribution is 0.0897. The van der Waals surface area contributed by atoms with Crippen molar-refractivity contribution < 1.29 is 9.15 Å². The lowest BCUT2D eigenvalue weighted by Gasteiger charge is -2.02. The lowest BCUT2D eigenvalue weighted by atomic mass is 10.2. The molecule has 5 nitrogen and oxygen atoms in total. The van der Waals surface area contributed by atoms with Crippen molar-refractivity contribution in [2.24, 2.45) is 0 Å². The number of ether oxygens (including phenoxy) is 1. The molecule has 21 heavy (non-hydrogen) atoms.